The van der Waals surface area contributed by atoms with Crippen LogP contribution in [0.4, 0.5) is 10.6 Å². The van der Waals surface area contributed by atoms with Gasteiger partial charge in [-0.1, -0.05) is 11.5 Å². The summed E-state index contributed by atoms with van der Waals surface area (Å²) in [6.07, 6.45) is 2.33. The van der Waals surface area contributed by atoms with E-state index in [-0.39, 0.29) is 17.6 Å². The number of carbonyl (C=O) groups is 2. The lowest BCUT2D eigenvalue weighted by atomic mass is 9.98. The van der Waals surface area contributed by atoms with Crippen molar-refractivity contribution in [2.24, 2.45) is 5.92 Å². The SMILES string of the molecule is [B]c1ccnc(N(C(=O)OC(C)(C)C)C(=O)C2CC2)c1. The van der Waals surface area contributed by atoms with Crippen molar-refractivity contribution in [3.63, 3.8) is 0 Å². The maximum absolute atomic E-state index is 12.3. The zero-order chi connectivity index (χ0) is 14.9. The second kappa shape index (κ2) is 5.27. The highest BCUT2D eigenvalue weighted by Gasteiger charge is 2.39. The number of ether oxygens (including phenoxy) is 1. The molecule has 1 fully saturated rings. The maximum atomic E-state index is 12.3. The highest BCUT2D eigenvalue weighted by Crippen LogP contribution is 2.32. The summed E-state index contributed by atoms with van der Waals surface area (Å²) in [4.78, 5) is 29.6. The third-order valence-corrected chi connectivity index (χ3v) is 2.72. The van der Waals surface area contributed by atoms with Gasteiger partial charge in [-0.25, -0.2) is 9.78 Å². The molecule has 0 spiro atoms. The predicted molar refractivity (Wildman–Crippen MR) is 76.1 cm³/mol. The smallest absolute Gasteiger partial charge is 0.423 e. The average Bonchev–Trinajstić information content (AvgIpc) is 3.10. The molecule has 0 bridgehead atoms. The van der Waals surface area contributed by atoms with Crippen molar-refractivity contribution in [2.45, 2.75) is 39.2 Å². The Morgan fingerprint density at radius 2 is 2.05 bits per heavy atom. The minimum absolute atomic E-state index is 0.120. The zero-order valence-electron chi connectivity index (χ0n) is 11.9. The molecule has 1 aromatic rings. The molecular weight excluding hydrogens is 255 g/mol. The molecule has 1 aliphatic carbocycles. The van der Waals surface area contributed by atoms with Gasteiger partial charge in [0.15, 0.2) is 0 Å². The number of aromatic nitrogens is 1. The molecule has 20 heavy (non-hydrogen) atoms. The number of amides is 2. The maximum Gasteiger partial charge on any atom is 0.423 e. The van der Waals surface area contributed by atoms with Crippen LogP contribution in [0, 0.1) is 5.92 Å². The van der Waals surface area contributed by atoms with Gasteiger partial charge in [-0.2, -0.15) is 4.90 Å². The first-order chi connectivity index (χ1) is 9.28. The summed E-state index contributed by atoms with van der Waals surface area (Å²) in [6.45, 7) is 5.24. The third-order valence-electron chi connectivity index (χ3n) is 2.72. The summed E-state index contributed by atoms with van der Waals surface area (Å²) in [6, 6.07) is 3.09. The largest absolute Gasteiger partial charge is 0.443 e. The van der Waals surface area contributed by atoms with Gasteiger partial charge in [-0.05, 0) is 39.7 Å². The number of hydrogen-bond donors (Lipinski definition) is 0. The number of rotatable bonds is 2. The fourth-order valence-electron chi connectivity index (χ4n) is 1.67. The van der Waals surface area contributed by atoms with E-state index in [2.05, 4.69) is 4.98 Å². The number of nitrogens with zero attached hydrogens (tertiary/aromatic N) is 2. The van der Waals surface area contributed by atoms with Crippen LogP contribution in [0.3, 0.4) is 0 Å². The van der Waals surface area contributed by atoms with E-state index in [4.69, 9.17) is 12.6 Å². The minimum Gasteiger partial charge on any atom is -0.443 e. The van der Waals surface area contributed by atoms with Gasteiger partial charge in [0.2, 0.25) is 5.91 Å². The molecule has 0 saturated heterocycles. The van der Waals surface area contributed by atoms with Gasteiger partial charge in [0.25, 0.3) is 0 Å². The molecule has 2 radical (unpaired) electrons. The number of carbonyl (C=O) groups excluding carboxylic acids is 2. The van der Waals surface area contributed by atoms with Crippen molar-refractivity contribution in [1.29, 1.82) is 0 Å². The summed E-state index contributed by atoms with van der Waals surface area (Å²) in [7, 11) is 5.69. The second-order valence-electron chi connectivity index (χ2n) is 5.88. The highest BCUT2D eigenvalue weighted by molar-refractivity contribution is 6.32. The molecule has 2 rings (SSSR count). The Hall–Kier alpha value is -1.85. The van der Waals surface area contributed by atoms with Crippen LogP contribution in [0.25, 0.3) is 0 Å². The Bertz CT molecular complexity index is 535. The van der Waals surface area contributed by atoms with Gasteiger partial charge in [-0.15, -0.1) is 0 Å². The van der Waals surface area contributed by atoms with E-state index in [1.165, 1.54) is 12.3 Å². The molecule has 0 aliphatic heterocycles. The van der Waals surface area contributed by atoms with Gasteiger partial charge in [0.1, 0.15) is 19.3 Å². The quantitative estimate of drug-likeness (QED) is 0.766. The number of pyridine rings is 1. The lowest BCUT2D eigenvalue weighted by molar-refractivity contribution is -0.119. The monoisotopic (exact) mass is 272 g/mol. The fourth-order valence-corrected chi connectivity index (χ4v) is 1.67. The van der Waals surface area contributed by atoms with Gasteiger partial charge >= 0.3 is 6.09 Å². The molecule has 1 aromatic heterocycles. The first kappa shape index (κ1) is 14.6. The molecule has 104 valence electrons. The first-order valence-electron chi connectivity index (χ1n) is 6.56. The van der Waals surface area contributed by atoms with Crippen LogP contribution in [0.5, 0.6) is 0 Å². The van der Waals surface area contributed by atoms with Gasteiger partial charge in [0.05, 0.1) is 0 Å². The highest BCUT2D eigenvalue weighted by atomic mass is 16.6. The zero-order valence-corrected chi connectivity index (χ0v) is 11.9. The number of anilines is 1. The first-order valence-corrected chi connectivity index (χ1v) is 6.56. The van der Waals surface area contributed by atoms with Crippen LogP contribution in [0.15, 0.2) is 18.3 Å². The summed E-state index contributed by atoms with van der Waals surface area (Å²) < 4.78 is 5.28. The fraction of sp³-hybridized carbons (Fsp3) is 0.500. The van der Waals surface area contributed by atoms with E-state index in [0.717, 1.165) is 17.7 Å². The molecule has 5 nitrogen and oxygen atoms in total. The van der Waals surface area contributed by atoms with Crippen molar-refractivity contribution >= 4 is 31.1 Å². The van der Waals surface area contributed by atoms with Crippen molar-refractivity contribution in [1.82, 2.24) is 4.98 Å². The Morgan fingerprint density at radius 1 is 1.40 bits per heavy atom. The van der Waals surface area contributed by atoms with Crippen LogP contribution < -0.4 is 10.4 Å². The third kappa shape index (κ3) is 3.59. The van der Waals surface area contributed by atoms with E-state index in [1.807, 2.05) is 0 Å². The summed E-state index contributed by atoms with van der Waals surface area (Å²) in [5.74, 6) is -0.195. The van der Waals surface area contributed by atoms with E-state index in [0.29, 0.717) is 5.46 Å². The van der Waals surface area contributed by atoms with Crippen LogP contribution in [-0.4, -0.2) is 30.4 Å². The van der Waals surface area contributed by atoms with Crippen LogP contribution in [-0.2, 0) is 9.53 Å². The molecule has 1 saturated carbocycles. The van der Waals surface area contributed by atoms with E-state index < -0.39 is 11.7 Å². The van der Waals surface area contributed by atoms with Crippen molar-refractivity contribution in [2.75, 3.05) is 4.90 Å². The number of hydrogen-bond acceptors (Lipinski definition) is 4. The summed E-state index contributed by atoms with van der Waals surface area (Å²) in [5, 5.41) is 0. The molecule has 0 unspecified atom stereocenters. The van der Waals surface area contributed by atoms with Crippen molar-refractivity contribution < 1.29 is 14.3 Å². The van der Waals surface area contributed by atoms with Crippen LogP contribution in [0.1, 0.15) is 33.6 Å². The van der Waals surface area contributed by atoms with Gasteiger partial charge in [-0.3, -0.25) is 4.79 Å². The van der Waals surface area contributed by atoms with Crippen LogP contribution >= 0.6 is 0 Å². The number of imide groups is 1. The molecular formula is C14H17BN2O3. The topological polar surface area (TPSA) is 59.5 Å². The standard InChI is InChI=1S/C14H17BN2O3/c1-14(2,3)20-13(19)17(12(18)9-4-5-9)11-8-10(15)6-7-16-11/h6-9H,4-5H2,1-3H3. The van der Waals surface area contributed by atoms with E-state index >= 15 is 0 Å². The Morgan fingerprint density at radius 3 is 2.55 bits per heavy atom. The molecule has 0 atom stereocenters. The van der Waals surface area contributed by atoms with Gasteiger partial charge < -0.3 is 4.74 Å². The average molecular weight is 272 g/mol. The normalized spacial score (nSPS) is 14.8. The Labute approximate surface area is 119 Å². The molecule has 0 aromatic carbocycles. The predicted octanol–water partition coefficient (Wildman–Crippen LogP) is 1.55. The van der Waals surface area contributed by atoms with E-state index in [9.17, 15) is 9.59 Å². The van der Waals surface area contributed by atoms with Crippen LogP contribution in [0.2, 0.25) is 0 Å². The molecule has 0 N–H and O–H groups in total. The summed E-state index contributed by atoms with van der Waals surface area (Å²) >= 11 is 0. The minimum atomic E-state index is -0.715. The van der Waals surface area contributed by atoms with Gasteiger partial charge in [0, 0.05) is 12.1 Å². The Kier molecular flexibility index (Phi) is 3.83. The van der Waals surface area contributed by atoms with E-state index in [1.54, 1.807) is 26.8 Å². The second-order valence-corrected chi connectivity index (χ2v) is 5.88. The lowest BCUT2D eigenvalue weighted by Crippen LogP contribution is -2.42. The summed E-state index contributed by atoms with van der Waals surface area (Å²) in [5.41, 5.74) is -0.244. The lowest BCUT2D eigenvalue weighted by Gasteiger charge is -2.25. The molecule has 1 aliphatic rings. The molecule has 2 amide bonds. The molecule has 6 heteroatoms. The Balaban J connectivity index is 2.29. The van der Waals surface area contributed by atoms with Crippen molar-refractivity contribution in [3.05, 3.63) is 18.3 Å². The molecule has 1 heterocycles. The van der Waals surface area contributed by atoms with Crippen molar-refractivity contribution in [3.8, 4) is 0 Å².